The van der Waals surface area contributed by atoms with Crippen LogP contribution in [0.1, 0.15) is 24.2 Å². The maximum atomic E-state index is 12.8. The third-order valence-electron chi connectivity index (χ3n) is 1.88. The maximum Gasteiger partial charge on any atom is 0.255 e. The Balaban J connectivity index is 2.77. The summed E-state index contributed by atoms with van der Waals surface area (Å²) in [5.41, 5.74) is -1.21. The average Bonchev–Trinajstić information content (AvgIpc) is 2.17. The van der Waals surface area contributed by atoms with E-state index in [0.717, 1.165) is 18.2 Å². The molecule has 0 saturated carbocycles. The molecule has 0 aliphatic heterocycles. The van der Waals surface area contributed by atoms with Gasteiger partial charge in [-0.05, 0) is 32.0 Å². The first kappa shape index (κ1) is 12.4. The smallest absolute Gasteiger partial charge is 0.255 e. The van der Waals surface area contributed by atoms with Gasteiger partial charge in [-0.2, -0.15) is 0 Å². The number of nitrogens with one attached hydrogen (secondary N) is 1. The molecule has 0 spiro atoms. The monoisotopic (exact) mass is 227 g/mol. The number of aliphatic hydroxyl groups is 1. The fraction of sp³-hybridized carbons (Fsp3) is 0.364. The second-order valence-corrected chi connectivity index (χ2v) is 4.16. The normalized spacial score (nSPS) is 11.2. The van der Waals surface area contributed by atoms with Gasteiger partial charge in [-0.25, -0.2) is 4.39 Å². The number of phenols is 1. The van der Waals surface area contributed by atoms with Gasteiger partial charge in [0, 0.05) is 6.54 Å². The summed E-state index contributed by atoms with van der Waals surface area (Å²) in [6.45, 7) is 3.07. The topological polar surface area (TPSA) is 69.6 Å². The van der Waals surface area contributed by atoms with E-state index >= 15 is 0 Å². The van der Waals surface area contributed by atoms with E-state index in [4.69, 9.17) is 0 Å². The molecule has 0 aliphatic carbocycles. The van der Waals surface area contributed by atoms with Gasteiger partial charge >= 0.3 is 0 Å². The van der Waals surface area contributed by atoms with Crippen LogP contribution in [0.15, 0.2) is 18.2 Å². The Hall–Kier alpha value is -1.62. The summed E-state index contributed by atoms with van der Waals surface area (Å²) in [6, 6.07) is 3.10. The van der Waals surface area contributed by atoms with Crippen molar-refractivity contribution in [2.75, 3.05) is 6.54 Å². The van der Waals surface area contributed by atoms with Crippen LogP contribution in [0.3, 0.4) is 0 Å². The van der Waals surface area contributed by atoms with Crippen LogP contribution in [0, 0.1) is 5.82 Å². The van der Waals surface area contributed by atoms with Crippen molar-refractivity contribution in [2.45, 2.75) is 19.4 Å². The summed E-state index contributed by atoms with van der Waals surface area (Å²) >= 11 is 0. The Morgan fingerprint density at radius 2 is 2.12 bits per heavy atom. The zero-order valence-electron chi connectivity index (χ0n) is 9.12. The van der Waals surface area contributed by atoms with Gasteiger partial charge in [0.1, 0.15) is 11.6 Å². The highest BCUT2D eigenvalue weighted by atomic mass is 19.1. The Morgan fingerprint density at radius 3 is 2.69 bits per heavy atom. The molecule has 0 saturated heterocycles. The van der Waals surface area contributed by atoms with Crippen LogP contribution in [0.5, 0.6) is 5.75 Å². The van der Waals surface area contributed by atoms with Crippen molar-refractivity contribution in [3.8, 4) is 5.75 Å². The molecule has 4 nitrogen and oxygen atoms in total. The summed E-state index contributed by atoms with van der Waals surface area (Å²) in [5, 5.41) is 21.1. The van der Waals surface area contributed by atoms with Crippen LogP contribution in [0.4, 0.5) is 4.39 Å². The van der Waals surface area contributed by atoms with Gasteiger partial charge in [0.15, 0.2) is 0 Å². The zero-order chi connectivity index (χ0) is 12.3. The molecular weight excluding hydrogens is 213 g/mol. The second-order valence-electron chi connectivity index (χ2n) is 4.16. The van der Waals surface area contributed by atoms with Gasteiger partial charge < -0.3 is 15.5 Å². The van der Waals surface area contributed by atoms with E-state index < -0.39 is 17.3 Å². The molecule has 0 unspecified atom stereocenters. The number of benzene rings is 1. The van der Waals surface area contributed by atoms with Gasteiger partial charge in [-0.3, -0.25) is 4.79 Å². The van der Waals surface area contributed by atoms with Gasteiger partial charge in [-0.15, -0.1) is 0 Å². The second kappa shape index (κ2) is 4.49. The minimum absolute atomic E-state index is 0.0157. The standard InChI is InChI=1S/C11H14FNO3/c1-11(2,16)6-13-10(15)8-5-7(12)3-4-9(8)14/h3-5,14,16H,6H2,1-2H3,(H,13,15). The van der Waals surface area contributed by atoms with Crippen molar-refractivity contribution < 1.29 is 19.4 Å². The number of hydrogen-bond donors (Lipinski definition) is 3. The molecule has 0 fully saturated rings. The number of carbonyl (C=O) groups is 1. The molecule has 1 rings (SSSR count). The van der Waals surface area contributed by atoms with E-state index in [9.17, 15) is 19.4 Å². The van der Waals surface area contributed by atoms with Crippen molar-refractivity contribution >= 4 is 5.91 Å². The molecule has 0 heterocycles. The third-order valence-corrected chi connectivity index (χ3v) is 1.88. The van der Waals surface area contributed by atoms with Crippen molar-refractivity contribution in [2.24, 2.45) is 0 Å². The first-order chi connectivity index (χ1) is 7.29. The summed E-state index contributed by atoms with van der Waals surface area (Å²) in [7, 11) is 0. The first-order valence-electron chi connectivity index (χ1n) is 4.79. The quantitative estimate of drug-likeness (QED) is 0.722. The number of carbonyl (C=O) groups excluding carboxylic acids is 1. The number of halogens is 1. The molecule has 88 valence electrons. The molecule has 0 bridgehead atoms. The molecule has 0 aliphatic rings. The van der Waals surface area contributed by atoms with E-state index in [2.05, 4.69) is 5.32 Å². The van der Waals surface area contributed by atoms with E-state index in [0.29, 0.717) is 0 Å². The highest BCUT2D eigenvalue weighted by Crippen LogP contribution is 2.17. The fourth-order valence-corrected chi connectivity index (χ4v) is 1.08. The van der Waals surface area contributed by atoms with E-state index in [1.54, 1.807) is 0 Å². The van der Waals surface area contributed by atoms with Gasteiger partial charge in [0.05, 0.1) is 11.2 Å². The third kappa shape index (κ3) is 3.51. The highest BCUT2D eigenvalue weighted by molar-refractivity contribution is 5.96. The first-order valence-corrected chi connectivity index (χ1v) is 4.79. The molecule has 5 heteroatoms. The Labute approximate surface area is 92.7 Å². The average molecular weight is 227 g/mol. The van der Waals surface area contributed by atoms with Crippen LogP contribution < -0.4 is 5.32 Å². The minimum atomic E-state index is -1.06. The number of phenolic OH excluding ortho intramolecular Hbond substituents is 1. The van der Waals surface area contributed by atoms with Crippen molar-refractivity contribution in [3.05, 3.63) is 29.6 Å². The summed E-state index contributed by atoms with van der Waals surface area (Å²) in [4.78, 5) is 11.5. The Bertz CT molecular complexity index is 399. The lowest BCUT2D eigenvalue weighted by Gasteiger charge is -2.17. The van der Waals surface area contributed by atoms with Gasteiger partial charge in [0.25, 0.3) is 5.91 Å². The van der Waals surface area contributed by atoms with E-state index in [1.165, 1.54) is 13.8 Å². The van der Waals surface area contributed by atoms with E-state index in [1.807, 2.05) is 0 Å². The molecule has 0 aromatic heterocycles. The Kier molecular flexibility index (Phi) is 3.49. The van der Waals surface area contributed by atoms with Gasteiger partial charge in [-0.1, -0.05) is 0 Å². The van der Waals surface area contributed by atoms with Crippen LogP contribution >= 0.6 is 0 Å². The molecule has 16 heavy (non-hydrogen) atoms. The fourth-order valence-electron chi connectivity index (χ4n) is 1.08. The van der Waals surface area contributed by atoms with Crippen LogP contribution in [-0.4, -0.2) is 28.3 Å². The summed E-state index contributed by atoms with van der Waals surface area (Å²) in [6.07, 6.45) is 0. The van der Waals surface area contributed by atoms with Gasteiger partial charge in [0.2, 0.25) is 0 Å². The molecule has 1 aromatic rings. The Morgan fingerprint density at radius 1 is 1.50 bits per heavy atom. The number of amides is 1. The molecule has 1 amide bonds. The zero-order valence-corrected chi connectivity index (χ0v) is 9.12. The van der Waals surface area contributed by atoms with Crippen LogP contribution in [0.2, 0.25) is 0 Å². The van der Waals surface area contributed by atoms with Crippen molar-refractivity contribution in [1.29, 1.82) is 0 Å². The predicted molar refractivity (Wildman–Crippen MR) is 56.7 cm³/mol. The molecular formula is C11H14FNO3. The predicted octanol–water partition coefficient (Wildman–Crippen LogP) is 1.03. The molecule has 3 N–H and O–H groups in total. The maximum absolute atomic E-state index is 12.8. The van der Waals surface area contributed by atoms with Crippen molar-refractivity contribution in [3.63, 3.8) is 0 Å². The minimum Gasteiger partial charge on any atom is -0.507 e. The lowest BCUT2D eigenvalue weighted by atomic mass is 10.1. The molecule has 0 radical (unpaired) electrons. The van der Waals surface area contributed by atoms with Crippen LogP contribution in [0.25, 0.3) is 0 Å². The lowest BCUT2D eigenvalue weighted by Crippen LogP contribution is -2.38. The van der Waals surface area contributed by atoms with Crippen LogP contribution in [-0.2, 0) is 0 Å². The number of hydrogen-bond acceptors (Lipinski definition) is 3. The largest absolute Gasteiger partial charge is 0.507 e. The van der Waals surface area contributed by atoms with Crippen molar-refractivity contribution in [1.82, 2.24) is 5.32 Å². The number of rotatable bonds is 3. The summed E-state index contributed by atoms with van der Waals surface area (Å²) < 4.78 is 12.8. The van der Waals surface area contributed by atoms with E-state index in [-0.39, 0.29) is 17.9 Å². The lowest BCUT2D eigenvalue weighted by molar-refractivity contribution is 0.0692. The number of aromatic hydroxyl groups is 1. The highest BCUT2D eigenvalue weighted by Gasteiger charge is 2.17. The summed E-state index contributed by atoms with van der Waals surface area (Å²) in [5.74, 6) is -1.53. The molecule has 0 atom stereocenters. The molecule has 1 aromatic carbocycles. The SMILES string of the molecule is CC(C)(O)CNC(=O)c1cc(F)ccc1O.